The highest BCUT2D eigenvalue weighted by atomic mass is 32.1. The molecule has 5 aromatic carbocycles. The molecular weight excluding hydrogens is 565 g/mol. The van der Waals surface area contributed by atoms with Crippen LogP contribution in [0.25, 0.3) is 53.5 Å². The Balaban J connectivity index is 1.42. The maximum Gasteiger partial charge on any atom is 0.181 e. The van der Waals surface area contributed by atoms with E-state index in [0.29, 0.717) is 11.5 Å². The molecule has 0 spiro atoms. The number of rotatable bonds is 6. The van der Waals surface area contributed by atoms with Crippen LogP contribution in [0.5, 0.6) is 23.0 Å². The average Bonchev–Trinajstić information content (AvgIpc) is 3.81. The van der Waals surface area contributed by atoms with Gasteiger partial charge in [0.2, 0.25) is 0 Å². The Morgan fingerprint density at radius 1 is 0.463 bits per heavy atom. The maximum atomic E-state index is 6.87. The number of ether oxygens (including phenoxy) is 2. The van der Waals surface area contributed by atoms with Crippen LogP contribution in [-0.4, -0.2) is 8.75 Å². The van der Waals surface area contributed by atoms with E-state index in [0.717, 1.165) is 65.0 Å². The molecule has 41 heavy (non-hydrogen) atoms. The quantitative estimate of drug-likeness (QED) is 0.195. The third-order valence-corrected chi connectivity index (χ3v) is 9.34. The van der Waals surface area contributed by atoms with Crippen molar-refractivity contribution in [3.05, 3.63) is 120 Å². The van der Waals surface area contributed by atoms with Crippen LogP contribution in [-0.2, 0) is 0 Å². The van der Waals surface area contributed by atoms with Gasteiger partial charge in [0.25, 0.3) is 0 Å². The Morgan fingerprint density at radius 3 is 1.37 bits per heavy atom. The van der Waals surface area contributed by atoms with Crippen molar-refractivity contribution in [2.45, 2.75) is 0 Å². The van der Waals surface area contributed by atoms with Crippen molar-refractivity contribution in [3.63, 3.8) is 0 Å². The number of hydrogen-bond donors (Lipinski definition) is 0. The molecule has 196 valence electrons. The fourth-order valence-corrected chi connectivity index (χ4v) is 7.25. The van der Waals surface area contributed by atoms with Gasteiger partial charge in [0.1, 0.15) is 22.5 Å². The first-order valence-corrected chi connectivity index (χ1v) is 15.5. The molecule has 0 bridgehead atoms. The van der Waals surface area contributed by atoms with Gasteiger partial charge in [-0.05, 0) is 68.7 Å². The molecule has 0 saturated heterocycles. The van der Waals surface area contributed by atoms with Crippen molar-refractivity contribution in [2.24, 2.45) is 0 Å². The van der Waals surface area contributed by atoms with Gasteiger partial charge in [0.15, 0.2) is 11.5 Å². The van der Waals surface area contributed by atoms with Crippen LogP contribution >= 0.6 is 34.4 Å². The van der Waals surface area contributed by atoms with Gasteiger partial charge in [-0.2, -0.15) is 8.75 Å². The molecule has 3 aromatic heterocycles. The second kappa shape index (κ2) is 10.1. The van der Waals surface area contributed by atoms with Crippen LogP contribution < -0.4 is 9.47 Å². The Morgan fingerprint density at radius 2 is 0.927 bits per heavy atom. The highest BCUT2D eigenvalue weighted by Crippen LogP contribution is 2.54. The van der Waals surface area contributed by atoms with E-state index >= 15 is 0 Å². The summed E-state index contributed by atoms with van der Waals surface area (Å²) in [6, 6.07) is 37.2. The van der Waals surface area contributed by atoms with Gasteiger partial charge in [-0.25, -0.2) is 0 Å². The van der Waals surface area contributed by atoms with Crippen LogP contribution in [0.4, 0.5) is 0 Å². The number of fused-ring (bicyclic) bond motifs is 3. The van der Waals surface area contributed by atoms with Gasteiger partial charge >= 0.3 is 0 Å². The fraction of sp³-hybridized carbons (Fsp3) is 0. The number of benzene rings is 5. The lowest BCUT2D eigenvalue weighted by molar-refractivity contribution is 0.423. The normalized spacial score (nSPS) is 11.4. The van der Waals surface area contributed by atoms with Crippen LogP contribution in [0.15, 0.2) is 120 Å². The molecule has 4 nitrogen and oxygen atoms in total. The van der Waals surface area contributed by atoms with Gasteiger partial charge in [-0.15, -0.1) is 22.7 Å². The first-order chi connectivity index (χ1) is 20.3. The lowest BCUT2D eigenvalue weighted by Gasteiger charge is -2.20. The molecule has 0 saturated carbocycles. The molecule has 0 fully saturated rings. The van der Waals surface area contributed by atoms with Crippen LogP contribution in [0.1, 0.15) is 0 Å². The van der Waals surface area contributed by atoms with E-state index in [1.165, 1.54) is 11.7 Å². The Labute approximate surface area is 248 Å². The third-order valence-electron chi connectivity index (χ3n) is 7.04. The smallest absolute Gasteiger partial charge is 0.181 e. The summed E-state index contributed by atoms with van der Waals surface area (Å²) >= 11 is 4.50. The number of aromatic nitrogens is 2. The first-order valence-electron chi connectivity index (χ1n) is 13.0. The Kier molecular flexibility index (Phi) is 5.99. The standard InChI is InChI=1S/C34H20N2O2S3/c1-3-9-23-19-25(15-13-21(23)7-1)37-33-29(27-11-5-17-39-27)31-32(36-41-35-31)30(28-12-6-18-40-28)34(33)38-26-16-14-22-8-2-4-10-24(22)20-26/h1-20H. The minimum Gasteiger partial charge on any atom is -0.453 e. The van der Waals surface area contributed by atoms with E-state index in [1.807, 2.05) is 48.5 Å². The molecule has 0 N–H and O–H groups in total. The highest BCUT2D eigenvalue weighted by molar-refractivity contribution is 7.14. The molecule has 0 radical (unpaired) electrons. The molecule has 0 atom stereocenters. The van der Waals surface area contributed by atoms with E-state index in [4.69, 9.17) is 18.2 Å². The fourth-order valence-electron chi connectivity index (χ4n) is 5.15. The van der Waals surface area contributed by atoms with E-state index < -0.39 is 0 Å². The molecule has 0 amide bonds. The van der Waals surface area contributed by atoms with E-state index in [1.54, 1.807) is 22.7 Å². The summed E-state index contributed by atoms with van der Waals surface area (Å²) in [5.41, 5.74) is 3.38. The van der Waals surface area contributed by atoms with Crippen molar-refractivity contribution in [2.75, 3.05) is 0 Å². The molecule has 0 aliphatic carbocycles. The zero-order chi connectivity index (χ0) is 27.2. The van der Waals surface area contributed by atoms with Crippen molar-refractivity contribution >= 4 is 67.0 Å². The highest BCUT2D eigenvalue weighted by Gasteiger charge is 2.29. The second-order valence-corrected chi connectivity index (χ2v) is 12.0. The number of hydrogen-bond acceptors (Lipinski definition) is 7. The number of thiophene rings is 2. The summed E-state index contributed by atoms with van der Waals surface area (Å²) in [6.07, 6.45) is 0. The van der Waals surface area contributed by atoms with E-state index in [9.17, 15) is 0 Å². The topological polar surface area (TPSA) is 44.2 Å². The minimum absolute atomic E-state index is 0.625. The molecule has 3 heterocycles. The number of nitrogens with zero attached hydrogens (tertiary/aromatic N) is 2. The van der Waals surface area contributed by atoms with Gasteiger partial charge < -0.3 is 9.47 Å². The van der Waals surface area contributed by atoms with E-state index in [2.05, 4.69) is 71.4 Å². The summed E-state index contributed by atoms with van der Waals surface area (Å²) in [6.45, 7) is 0. The Bertz CT molecular complexity index is 2010. The SMILES string of the molecule is c1csc(-c2c(Oc3ccc4ccccc4c3)c(Oc3ccc4ccccc4c3)c(-c3cccs3)c3nsnc23)c1. The van der Waals surface area contributed by atoms with Gasteiger partial charge in [-0.3, -0.25) is 0 Å². The summed E-state index contributed by atoms with van der Waals surface area (Å²) in [7, 11) is 0. The predicted molar refractivity (Wildman–Crippen MR) is 172 cm³/mol. The van der Waals surface area contributed by atoms with Crippen molar-refractivity contribution in [1.82, 2.24) is 8.75 Å². The monoisotopic (exact) mass is 584 g/mol. The van der Waals surface area contributed by atoms with Gasteiger partial charge in [0.05, 0.1) is 22.9 Å². The lowest BCUT2D eigenvalue weighted by atomic mass is 10.0. The van der Waals surface area contributed by atoms with Crippen LogP contribution in [0.3, 0.4) is 0 Å². The average molecular weight is 585 g/mol. The van der Waals surface area contributed by atoms with Gasteiger partial charge in [0, 0.05) is 9.75 Å². The Hall–Kier alpha value is -4.56. The summed E-state index contributed by atoms with van der Waals surface area (Å²) < 4.78 is 23.3. The molecule has 0 unspecified atom stereocenters. The second-order valence-electron chi connectivity index (χ2n) is 9.55. The lowest BCUT2D eigenvalue weighted by Crippen LogP contribution is -1.98. The van der Waals surface area contributed by atoms with Crippen molar-refractivity contribution < 1.29 is 9.47 Å². The van der Waals surface area contributed by atoms with Crippen molar-refractivity contribution in [1.29, 1.82) is 0 Å². The van der Waals surface area contributed by atoms with Crippen molar-refractivity contribution in [3.8, 4) is 43.9 Å². The molecule has 0 aliphatic heterocycles. The third kappa shape index (κ3) is 4.35. The molecule has 8 aromatic rings. The first kappa shape index (κ1) is 24.3. The zero-order valence-electron chi connectivity index (χ0n) is 21.5. The summed E-state index contributed by atoms with van der Waals surface area (Å²) in [5, 5.41) is 8.66. The largest absolute Gasteiger partial charge is 0.453 e. The summed E-state index contributed by atoms with van der Waals surface area (Å²) in [4.78, 5) is 2.08. The van der Waals surface area contributed by atoms with Gasteiger partial charge in [-0.1, -0.05) is 72.8 Å². The molecule has 0 aliphatic rings. The maximum absolute atomic E-state index is 6.87. The van der Waals surface area contributed by atoms with E-state index in [-0.39, 0.29) is 0 Å². The van der Waals surface area contributed by atoms with Crippen LogP contribution in [0.2, 0.25) is 0 Å². The minimum atomic E-state index is 0.625. The molecule has 7 heteroatoms. The van der Waals surface area contributed by atoms with Crippen LogP contribution in [0, 0.1) is 0 Å². The molecule has 8 rings (SSSR count). The summed E-state index contributed by atoms with van der Waals surface area (Å²) in [5.74, 6) is 2.70. The predicted octanol–water partition coefficient (Wildman–Crippen LogP) is 11.0. The molecular formula is C34H20N2O2S3. The zero-order valence-corrected chi connectivity index (χ0v) is 23.9.